The molecule has 0 spiro atoms. The molecule has 0 radical (unpaired) electrons. The van der Waals surface area contributed by atoms with E-state index in [-0.39, 0.29) is 22.8 Å². The number of hydrogen-bond donors (Lipinski definition) is 5. The highest BCUT2D eigenvalue weighted by atomic mass is 16.3. The van der Waals surface area contributed by atoms with Gasteiger partial charge in [0.05, 0.1) is 5.56 Å². The summed E-state index contributed by atoms with van der Waals surface area (Å²) in [5, 5.41) is 27.9. The molecule has 5 heteroatoms. The largest absolute Gasteiger partial charge is 0.508 e. The number of phenolic OH excluding ortho intramolecular Hbond substituents is 3. The Kier molecular flexibility index (Phi) is 3.16. The molecule has 0 aliphatic heterocycles. The van der Waals surface area contributed by atoms with Crippen molar-refractivity contribution < 1.29 is 15.3 Å². The summed E-state index contributed by atoms with van der Waals surface area (Å²) >= 11 is 0. The van der Waals surface area contributed by atoms with Crippen molar-refractivity contribution in [3.63, 3.8) is 0 Å². The Morgan fingerprint density at radius 2 is 1.64 bits per heavy atom. The number of benzene rings is 1. The Balaban J connectivity index is 3.07. The first-order chi connectivity index (χ1) is 6.56. The van der Waals surface area contributed by atoms with E-state index in [1.165, 1.54) is 0 Å². The Hall–Kier alpha value is -1.46. The maximum Gasteiger partial charge on any atom is 0.127 e. The van der Waals surface area contributed by atoms with Gasteiger partial charge in [-0.2, -0.15) is 0 Å². The van der Waals surface area contributed by atoms with Crippen molar-refractivity contribution in [2.45, 2.75) is 12.5 Å². The standard InChI is InChI=1S/C9H14N2O3/c10-2-1-6(11)9-7(13)3-5(12)4-8(9)14/h3-4,6,12-14H,1-2,10-11H2/t6-/m1/s1. The van der Waals surface area contributed by atoms with Crippen molar-refractivity contribution in [3.05, 3.63) is 17.7 Å². The highest BCUT2D eigenvalue weighted by molar-refractivity contribution is 5.50. The van der Waals surface area contributed by atoms with Crippen molar-refractivity contribution in [1.82, 2.24) is 0 Å². The minimum absolute atomic E-state index is 0.205. The molecular formula is C9H14N2O3. The molecule has 0 saturated heterocycles. The molecule has 0 bridgehead atoms. The van der Waals surface area contributed by atoms with Gasteiger partial charge < -0.3 is 26.8 Å². The van der Waals surface area contributed by atoms with E-state index < -0.39 is 6.04 Å². The van der Waals surface area contributed by atoms with Gasteiger partial charge in [0.25, 0.3) is 0 Å². The van der Waals surface area contributed by atoms with Crippen LogP contribution >= 0.6 is 0 Å². The first-order valence-electron chi connectivity index (χ1n) is 4.26. The minimum atomic E-state index is -0.527. The van der Waals surface area contributed by atoms with Gasteiger partial charge in [-0.1, -0.05) is 0 Å². The third-order valence-electron chi connectivity index (χ3n) is 1.97. The average Bonchev–Trinajstić information content (AvgIpc) is 2.01. The number of rotatable bonds is 3. The normalized spacial score (nSPS) is 12.7. The maximum absolute atomic E-state index is 9.43. The van der Waals surface area contributed by atoms with Crippen LogP contribution in [0.5, 0.6) is 17.2 Å². The minimum Gasteiger partial charge on any atom is -0.508 e. The van der Waals surface area contributed by atoms with Gasteiger partial charge in [0.1, 0.15) is 17.2 Å². The van der Waals surface area contributed by atoms with E-state index in [1.807, 2.05) is 0 Å². The van der Waals surface area contributed by atoms with Crippen molar-refractivity contribution in [2.75, 3.05) is 6.54 Å². The number of hydrogen-bond acceptors (Lipinski definition) is 5. The maximum atomic E-state index is 9.43. The van der Waals surface area contributed by atoms with Crippen LogP contribution in [-0.4, -0.2) is 21.9 Å². The van der Waals surface area contributed by atoms with E-state index in [2.05, 4.69) is 0 Å². The summed E-state index contributed by atoms with van der Waals surface area (Å²) in [6.07, 6.45) is 0.450. The van der Waals surface area contributed by atoms with Crippen LogP contribution in [0.4, 0.5) is 0 Å². The molecule has 0 fully saturated rings. The predicted molar refractivity (Wildman–Crippen MR) is 52.0 cm³/mol. The van der Waals surface area contributed by atoms with Crippen molar-refractivity contribution in [2.24, 2.45) is 11.5 Å². The van der Waals surface area contributed by atoms with Crippen LogP contribution in [0.2, 0.25) is 0 Å². The van der Waals surface area contributed by atoms with E-state index in [9.17, 15) is 10.2 Å². The van der Waals surface area contributed by atoms with Crippen molar-refractivity contribution in [1.29, 1.82) is 0 Å². The molecule has 0 amide bonds. The lowest BCUT2D eigenvalue weighted by Crippen LogP contribution is -2.15. The van der Waals surface area contributed by atoms with E-state index >= 15 is 0 Å². The highest BCUT2D eigenvalue weighted by Gasteiger charge is 2.16. The van der Waals surface area contributed by atoms with Crippen LogP contribution in [0.1, 0.15) is 18.0 Å². The van der Waals surface area contributed by atoms with Gasteiger partial charge in [-0.05, 0) is 13.0 Å². The predicted octanol–water partition coefficient (Wildman–Crippen LogP) is 0.152. The van der Waals surface area contributed by atoms with Gasteiger partial charge >= 0.3 is 0 Å². The summed E-state index contributed by atoms with van der Waals surface area (Å²) in [7, 11) is 0. The zero-order valence-electron chi connectivity index (χ0n) is 7.64. The Morgan fingerprint density at radius 1 is 1.14 bits per heavy atom. The molecule has 5 nitrogen and oxygen atoms in total. The van der Waals surface area contributed by atoms with Gasteiger partial charge in [-0.25, -0.2) is 0 Å². The Morgan fingerprint density at radius 3 is 2.07 bits per heavy atom. The molecule has 14 heavy (non-hydrogen) atoms. The quantitative estimate of drug-likeness (QED) is 0.474. The second kappa shape index (κ2) is 4.17. The molecule has 0 unspecified atom stereocenters. The monoisotopic (exact) mass is 198 g/mol. The molecule has 1 rings (SSSR count). The zero-order valence-corrected chi connectivity index (χ0v) is 7.64. The number of phenols is 3. The molecule has 0 aliphatic rings. The second-order valence-electron chi connectivity index (χ2n) is 3.08. The SMILES string of the molecule is NCC[C@@H](N)c1c(O)cc(O)cc1O. The van der Waals surface area contributed by atoms with Crippen LogP contribution in [-0.2, 0) is 0 Å². The molecular weight excluding hydrogens is 184 g/mol. The van der Waals surface area contributed by atoms with Crippen LogP contribution in [0.3, 0.4) is 0 Å². The van der Waals surface area contributed by atoms with Gasteiger partial charge in [0.2, 0.25) is 0 Å². The summed E-state index contributed by atoms with van der Waals surface area (Å²) in [6, 6.07) is 1.73. The fraction of sp³-hybridized carbons (Fsp3) is 0.333. The zero-order chi connectivity index (χ0) is 10.7. The molecule has 1 aromatic rings. The fourth-order valence-corrected chi connectivity index (χ4v) is 1.31. The first kappa shape index (κ1) is 10.6. The van der Waals surface area contributed by atoms with Gasteiger partial charge in [-0.3, -0.25) is 0 Å². The summed E-state index contributed by atoms with van der Waals surface area (Å²) in [6.45, 7) is 0.362. The molecule has 1 atom stereocenters. The lowest BCUT2D eigenvalue weighted by atomic mass is 10.0. The smallest absolute Gasteiger partial charge is 0.127 e. The van der Waals surface area contributed by atoms with Gasteiger partial charge in [0.15, 0.2) is 0 Å². The van der Waals surface area contributed by atoms with Crippen LogP contribution in [0, 0.1) is 0 Å². The molecule has 7 N–H and O–H groups in total. The molecule has 0 heterocycles. The lowest BCUT2D eigenvalue weighted by molar-refractivity contribution is 0.410. The summed E-state index contributed by atoms with van der Waals surface area (Å²) in [5.74, 6) is -0.643. The summed E-state index contributed by atoms with van der Waals surface area (Å²) < 4.78 is 0. The summed E-state index contributed by atoms with van der Waals surface area (Å²) in [4.78, 5) is 0. The summed E-state index contributed by atoms with van der Waals surface area (Å²) in [5.41, 5.74) is 11.2. The van der Waals surface area contributed by atoms with E-state index in [0.29, 0.717) is 13.0 Å². The van der Waals surface area contributed by atoms with E-state index in [0.717, 1.165) is 12.1 Å². The molecule has 0 aromatic heterocycles. The lowest BCUT2D eigenvalue weighted by Gasteiger charge is -2.14. The second-order valence-corrected chi connectivity index (χ2v) is 3.08. The van der Waals surface area contributed by atoms with E-state index in [1.54, 1.807) is 0 Å². The Labute approximate surface area is 81.6 Å². The highest BCUT2D eigenvalue weighted by Crippen LogP contribution is 2.36. The topological polar surface area (TPSA) is 113 Å². The third-order valence-corrected chi connectivity index (χ3v) is 1.97. The number of aromatic hydroxyl groups is 3. The van der Waals surface area contributed by atoms with Crippen LogP contribution < -0.4 is 11.5 Å². The molecule has 0 saturated carbocycles. The van der Waals surface area contributed by atoms with Crippen molar-refractivity contribution in [3.8, 4) is 17.2 Å². The van der Waals surface area contributed by atoms with Crippen molar-refractivity contribution >= 4 is 0 Å². The van der Waals surface area contributed by atoms with E-state index in [4.69, 9.17) is 16.6 Å². The average molecular weight is 198 g/mol. The fourth-order valence-electron chi connectivity index (χ4n) is 1.31. The molecule has 1 aromatic carbocycles. The Bertz CT molecular complexity index is 305. The third kappa shape index (κ3) is 2.07. The van der Waals surface area contributed by atoms with Crippen LogP contribution in [0.25, 0.3) is 0 Å². The first-order valence-corrected chi connectivity index (χ1v) is 4.26. The van der Waals surface area contributed by atoms with Gasteiger partial charge in [0, 0.05) is 18.2 Å². The van der Waals surface area contributed by atoms with Gasteiger partial charge in [-0.15, -0.1) is 0 Å². The van der Waals surface area contributed by atoms with Crippen LogP contribution in [0.15, 0.2) is 12.1 Å². The molecule has 0 aliphatic carbocycles. The molecule has 78 valence electrons. The number of nitrogens with two attached hydrogens (primary N) is 2.